The largest absolute Gasteiger partial charge is 0.464 e. The number of nitriles is 2. The molecule has 1 atom stereocenters. The molecule has 1 aliphatic rings. The van der Waals surface area contributed by atoms with Gasteiger partial charge in [0.1, 0.15) is 0 Å². The number of carbonyl (C=O) groups is 2. The van der Waals surface area contributed by atoms with E-state index in [1.165, 1.54) is 4.90 Å². The van der Waals surface area contributed by atoms with Crippen LogP contribution in [0.5, 0.6) is 0 Å². The number of carbonyl (C=O) groups excluding carboxylic acids is 2. The molecule has 3 rings (SSSR count). The van der Waals surface area contributed by atoms with E-state index >= 15 is 0 Å². The van der Waals surface area contributed by atoms with E-state index < -0.39 is 18.0 Å². The SMILES string of the molecule is CCOC(=O)C1=Nc2ccc(C#N)cc2C(C(=O)OCC)N1c1ccc(C#N)cc1. The minimum absolute atomic E-state index is 0.0863. The van der Waals surface area contributed by atoms with Crippen LogP contribution >= 0.6 is 0 Å². The zero-order valence-electron chi connectivity index (χ0n) is 16.5. The van der Waals surface area contributed by atoms with Crippen LogP contribution in [-0.4, -0.2) is 31.0 Å². The second-order valence-corrected chi connectivity index (χ2v) is 6.22. The average molecular weight is 402 g/mol. The number of anilines is 1. The first-order chi connectivity index (χ1) is 14.5. The third-order valence-electron chi connectivity index (χ3n) is 4.41. The van der Waals surface area contributed by atoms with E-state index in [-0.39, 0.29) is 19.0 Å². The van der Waals surface area contributed by atoms with Crippen LogP contribution in [0.4, 0.5) is 11.4 Å². The van der Waals surface area contributed by atoms with E-state index in [0.29, 0.717) is 28.1 Å². The van der Waals surface area contributed by atoms with Crippen LogP contribution in [0.3, 0.4) is 0 Å². The van der Waals surface area contributed by atoms with Crippen molar-refractivity contribution in [2.45, 2.75) is 19.9 Å². The lowest BCUT2D eigenvalue weighted by molar-refractivity contribution is -0.144. The zero-order valence-corrected chi connectivity index (χ0v) is 16.5. The molecule has 0 saturated carbocycles. The van der Waals surface area contributed by atoms with Crippen molar-refractivity contribution in [3.63, 3.8) is 0 Å². The van der Waals surface area contributed by atoms with Crippen LogP contribution in [0, 0.1) is 22.7 Å². The molecule has 0 bridgehead atoms. The Morgan fingerprint density at radius 1 is 1.00 bits per heavy atom. The summed E-state index contributed by atoms with van der Waals surface area (Å²) in [6.07, 6.45) is 0. The molecule has 0 amide bonds. The Labute approximate surface area is 173 Å². The van der Waals surface area contributed by atoms with Gasteiger partial charge in [-0.25, -0.2) is 14.6 Å². The maximum Gasteiger partial charge on any atom is 0.374 e. The molecule has 8 nitrogen and oxygen atoms in total. The maximum atomic E-state index is 13.0. The maximum absolute atomic E-state index is 13.0. The molecule has 2 aromatic rings. The van der Waals surface area contributed by atoms with Crippen molar-refractivity contribution in [1.82, 2.24) is 0 Å². The highest BCUT2D eigenvalue weighted by atomic mass is 16.5. The third-order valence-corrected chi connectivity index (χ3v) is 4.41. The summed E-state index contributed by atoms with van der Waals surface area (Å²) in [6.45, 7) is 3.61. The normalized spacial score (nSPS) is 14.6. The van der Waals surface area contributed by atoms with Crippen molar-refractivity contribution in [3.8, 4) is 12.1 Å². The summed E-state index contributed by atoms with van der Waals surface area (Å²) in [6, 6.07) is 14.1. The summed E-state index contributed by atoms with van der Waals surface area (Å²) in [7, 11) is 0. The molecule has 150 valence electrons. The van der Waals surface area contributed by atoms with Crippen LogP contribution in [-0.2, 0) is 19.1 Å². The molecular formula is C22H18N4O4. The molecule has 1 heterocycles. The number of ether oxygens (including phenoxy) is 2. The van der Waals surface area contributed by atoms with Gasteiger partial charge in [0.05, 0.1) is 42.2 Å². The molecule has 2 aromatic carbocycles. The summed E-state index contributed by atoms with van der Waals surface area (Å²) in [5, 5.41) is 18.4. The van der Waals surface area contributed by atoms with Crippen LogP contribution in [0.2, 0.25) is 0 Å². The van der Waals surface area contributed by atoms with E-state index in [4.69, 9.17) is 14.7 Å². The highest BCUT2D eigenvalue weighted by Gasteiger charge is 2.40. The Morgan fingerprint density at radius 2 is 1.63 bits per heavy atom. The number of aliphatic imine (C=N–C) groups is 1. The number of benzene rings is 2. The minimum Gasteiger partial charge on any atom is -0.464 e. The fourth-order valence-electron chi connectivity index (χ4n) is 3.14. The van der Waals surface area contributed by atoms with E-state index in [0.717, 1.165) is 0 Å². The summed E-state index contributed by atoms with van der Waals surface area (Å²) in [5.41, 5.74) is 2.03. The third kappa shape index (κ3) is 3.85. The highest BCUT2D eigenvalue weighted by molar-refractivity contribution is 6.42. The monoisotopic (exact) mass is 402 g/mol. The smallest absolute Gasteiger partial charge is 0.374 e. The highest BCUT2D eigenvalue weighted by Crippen LogP contribution is 2.39. The summed E-state index contributed by atoms with van der Waals surface area (Å²) >= 11 is 0. The van der Waals surface area contributed by atoms with Crippen LogP contribution < -0.4 is 4.90 Å². The van der Waals surface area contributed by atoms with Crippen molar-refractivity contribution < 1.29 is 19.1 Å². The van der Waals surface area contributed by atoms with Gasteiger partial charge in [-0.2, -0.15) is 10.5 Å². The van der Waals surface area contributed by atoms with Gasteiger partial charge in [-0.3, -0.25) is 0 Å². The van der Waals surface area contributed by atoms with E-state index in [1.54, 1.807) is 56.3 Å². The van der Waals surface area contributed by atoms with Gasteiger partial charge in [-0.1, -0.05) is 0 Å². The van der Waals surface area contributed by atoms with E-state index in [1.807, 2.05) is 12.1 Å². The molecule has 0 spiro atoms. The summed E-state index contributed by atoms with van der Waals surface area (Å²) in [5.74, 6) is -1.39. The first kappa shape index (κ1) is 20.6. The Hall–Kier alpha value is -4.17. The summed E-state index contributed by atoms with van der Waals surface area (Å²) < 4.78 is 10.4. The number of hydrogen-bond acceptors (Lipinski definition) is 8. The zero-order chi connectivity index (χ0) is 21.7. The van der Waals surface area contributed by atoms with Crippen molar-refractivity contribution in [1.29, 1.82) is 10.5 Å². The second kappa shape index (κ2) is 8.89. The molecule has 0 saturated heterocycles. The van der Waals surface area contributed by atoms with Gasteiger partial charge in [0.15, 0.2) is 6.04 Å². The lowest BCUT2D eigenvalue weighted by Crippen LogP contribution is -2.46. The predicted octanol–water partition coefficient (Wildman–Crippen LogP) is 3.15. The van der Waals surface area contributed by atoms with Crippen molar-refractivity contribution in [2.75, 3.05) is 18.1 Å². The standard InChI is InChI=1S/C22H18N4O4/c1-3-29-21(27)19-17-11-15(13-24)7-10-18(17)25-20(22(28)30-4-2)26(19)16-8-5-14(12-23)6-9-16/h5-11,19H,3-4H2,1-2H3. The van der Waals surface area contributed by atoms with Gasteiger partial charge in [0.25, 0.3) is 0 Å². The molecule has 0 aliphatic carbocycles. The molecular weight excluding hydrogens is 384 g/mol. The first-order valence-corrected chi connectivity index (χ1v) is 9.29. The number of nitrogens with zero attached hydrogens (tertiary/aromatic N) is 4. The Balaban J connectivity index is 2.25. The Kier molecular flexibility index (Phi) is 6.09. The number of amidine groups is 1. The van der Waals surface area contributed by atoms with Crippen molar-refractivity contribution >= 4 is 29.1 Å². The molecule has 0 fully saturated rings. The Bertz CT molecular complexity index is 1090. The van der Waals surface area contributed by atoms with Crippen molar-refractivity contribution in [3.05, 3.63) is 59.2 Å². The molecule has 30 heavy (non-hydrogen) atoms. The molecule has 0 N–H and O–H groups in total. The molecule has 1 unspecified atom stereocenters. The average Bonchev–Trinajstić information content (AvgIpc) is 2.77. The second-order valence-electron chi connectivity index (χ2n) is 6.22. The molecule has 1 aliphatic heterocycles. The van der Waals surface area contributed by atoms with Gasteiger partial charge < -0.3 is 14.4 Å². The number of hydrogen-bond donors (Lipinski definition) is 0. The first-order valence-electron chi connectivity index (χ1n) is 9.29. The Morgan fingerprint density at radius 3 is 2.23 bits per heavy atom. The molecule has 0 aromatic heterocycles. The van der Waals surface area contributed by atoms with Crippen molar-refractivity contribution in [2.24, 2.45) is 4.99 Å². The predicted molar refractivity (Wildman–Crippen MR) is 108 cm³/mol. The van der Waals surface area contributed by atoms with Gasteiger partial charge in [0.2, 0.25) is 5.84 Å². The minimum atomic E-state index is -1.06. The van der Waals surface area contributed by atoms with Crippen LogP contribution in [0.1, 0.15) is 36.6 Å². The fourth-order valence-corrected chi connectivity index (χ4v) is 3.14. The van der Waals surface area contributed by atoms with Crippen LogP contribution in [0.15, 0.2) is 47.5 Å². The topological polar surface area (TPSA) is 116 Å². The molecule has 8 heteroatoms. The lowest BCUT2D eigenvalue weighted by atomic mass is 9.97. The van der Waals surface area contributed by atoms with Gasteiger partial charge in [-0.15, -0.1) is 0 Å². The fraction of sp³-hybridized carbons (Fsp3) is 0.227. The van der Waals surface area contributed by atoms with Gasteiger partial charge in [0, 0.05) is 11.3 Å². The van der Waals surface area contributed by atoms with Gasteiger partial charge in [-0.05, 0) is 56.3 Å². The summed E-state index contributed by atoms with van der Waals surface area (Å²) in [4.78, 5) is 31.5. The molecule has 0 radical (unpaired) electrons. The quantitative estimate of drug-likeness (QED) is 0.705. The number of fused-ring (bicyclic) bond motifs is 1. The number of rotatable bonds is 5. The lowest BCUT2D eigenvalue weighted by Gasteiger charge is -2.35. The van der Waals surface area contributed by atoms with E-state index in [2.05, 4.69) is 4.99 Å². The number of esters is 2. The van der Waals surface area contributed by atoms with Crippen LogP contribution in [0.25, 0.3) is 0 Å². The van der Waals surface area contributed by atoms with Gasteiger partial charge >= 0.3 is 11.9 Å². The van der Waals surface area contributed by atoms with E-state index in [9.17, 15) is 14.9 Å².